The molecule has 0 heterocycles. The van der Waals surface area contributed by atoms with E-state index in [0.29, 0.717) is 17.8 Å². The summed E-state index contributed by atoms with van der Waals surface area (Å²) in [6.07, 6.45) is 3.29. The second-order valence-corrected chi connectivity index (χ2v) is 11.4. The van der Waals surface area contributed by atoms with E-state index < -0.39 is 13.9 Å². The zero-order chi connectivity index (χ0) is 13.3. The molecule has 0 bridgehead atoms. The van der Waals surface area contributed by atoms with Crippen LogP contribution in [-0.2, 0) is 4.43 Å². The normalized spacial score (nSPS) is 34.7. The quantitative estimate of drug-likeness (QED) is 0.706. The predicted octanol–water partition coefficient (Wildman–Crippen LogP) is 4.19. The third-order valence-corrected chi connectivity index (χ3v) is 4.68. The lowest BCUT2D eigenvalue weighted by atomic mass is 9.68. The van der Waals surface area contributed by atoms with Crippen LogP contribution in [0.25, 0.3) is 0 Å². The van der Waals surface area contributed by atoms with Crippen molar-refractivity contribution in [1.29, 1.82) is 5.26 Å². The average Bonchev–Trinajstić information content (AvgIpc) is 2.14. The fourth-order valence-electron chi connectivity index (χ4n) is 3.16. The minimum atomic E-state index is -1.68. The Bertz CT molecular complexity index is 302. The Balaban J connectivity index is 3.01. The standard InChI is InChI=1S/C14H27NOSi/c1-11(2)13-8-7-12(3)9-14(13,10-15)16-17(4,5)6/h11-13H,7-9H2,1-6H3. The molecule has 17 heavy (non-hydrogen) atoms. The molecule has 3 heteroatoms. The lowest BCUT2D eigenvalue weighted by Gasteiger charge is -2.46. The van der Waals surface area contributed by atoms with E-state index in [4.69, 9.17) is 4.43 Å². The first kappa shape index (κ1) is 14.7. The summed E-state index contributed by atoms with van der Waals surface area (Å²) in [5.74, 6) is 1.54. The molecular formula is C14H27NOSi. The van der Waals surface area contributed by atoms with E-state index >= 15 is 0 Å². The minimum absolute atomic E-state index is 0.399. The summed E-state index contributed by atoms with van der Waals surface area (Å²) in [7, 11) is -1.68. The number of hydrogen-bond donors (Lipinski definition) is 0. The highest BCUT2D eigenvalue weighted by Gasteiger charge is 2.47. The van der Waals surface area contributed by atoms with E-state index in [1.165, 1.54) is 6.42 Å². The molecule has 98 valence electrons. The van der Waals surface area contributed by atoms with Gasteiger partial charge in [-0.15, -0.1) is 0 Å². The summed E-state index contributed by atoms with van der Waals surface area (Å²) in [4.78, 5) is 0. The summed E-state index contributed by atoms with van der Waals surface area (Å²) >= 11 is 0. The van der Waals surface area contributed by atoms with Crippen LogP contribution in [0.1, 0.15) is 40.0 Å². The van der Waals surface area contributed by atoms with Crippen molar-refractivity contribution in [3.05, 3.63) is 0 Å². The van der Waals surface area contributed by atoms with Gasteiger partial charge in [0.1, 0.15) is 5.60 Å². The molecule has 1 aliphatic rings. The van der Waals surface area contributed by atoms with Gasteiger partial charge in [-0.05, 0) is 44.3 Å². The van der Waals surface area contributed by atoms with Gasteiger partial charge in [-0.3, -0.25) is 0 Å². The summed E-state index contributed by atoms with van der Waals surface area (Å²) in [5, 5.41) is 9.69. The average molecular weight is 253 g/mol. The molecular weight excluding hydrogens is 226 g/mol. The van der Waals surface area contributed by atoms with Gasteiger partial charge in [0.2, 0.25) is 0 Å². The molecule has 3 atom stereocenters. The molecule has 2 nitrogen and oxygen atoms in total. The van der Waals surface area contributed by atoms with E-state index in [9.17, 15) is 5.26 Å². The minimum Gasteiger partial charge on any atom is -0.400 e. The highest BCUT2D eigenvalue weighted by molar-refractivity contribution is 6.69. The maximum Gasteiger partial charge on any atom is 0.185 e. The van der Waals surface area contributed by atoms with Gasteiger partial charge >= 0.3 is 0 Å². The first-order valence-corrected chi connectivity index (χ1v) is 10.2. The van der Waals surface area contributed by atoms with Crippen LogP contribution in [0.3, 0.4) is 0 Å². The van der Waals surface area contributed by atoms with E-state index in [2.05, 4.69) is 46.5 Å². The Morgan fingerprint density at radius 2 is 1.88 bits per heavy atom. The lowest BCUT2D eigenvalue weighted by Crippen LogP contribution is -2.51. The molecule has 0 aromatic heterocycles. The summed E-state index contributed by atoms with van der Waals surface area (Å²) in [6.45, 7) is 13.2. The topological polar surface area (TPSA) is 33.0 Å². The SMILES string of the molecule is CC1CCC(C(C)C)C(C#N)(O[Si](C)(C)C)C1. The first-order chi connectivity index (χ1) is 7.70. The Labute approximate surface area is 107 Å². The van der Waals surface area contributed by atoms with E-state index in [0.717, 1.165) is 12.8 Å². The molecule has 0 amide bonds. The van der Waals surface area contributed by atoms with Crippen molar-refractivity contribution in [2.75, 3.05) is 0 Å². The zero-order valence-electron chi connectivity index (χ0n) is 12.2. The Hall–Kier alpha value is -0.333. The highest BCUT2D eigenvalue weighted by atomic mass is 28.4. The van der Waals surface area contributed by atoms with Crippen LogP contribution in [0.5, 0.6) is 0 Å². The number of nitriles is 1. The van der Waals surface area contributed by atoms with Crippen molar-refractivity contribution in [2.24, 2.45) is 17.8 Å². The molecule has 0 aliphatic heterocycles. The van der Waals surface area contributed by atoms with Crippen LogP contribution >= 0.6 is 0 Å². The molecule has 1 aliphatic carbocycles. The van der Waals surface area contributed by atoms with Crippen molar-refractivity contribution >= 4 is 8.32 Å². The Kier molecular flexibility index (Phi) is 4.43. The molecule has 0 N–H and O–H groups in total. The van der Waals surface area contributed by atoms with Gasteiger partial charge in [-0.25, -0.2) is 0 Å². The smallest absolute Gasteiger partial charge is 0.185 e. The fourth-order valence-corrected chi connectivity index (χ4v) is 4.53. The van der Waals surface area contributed by atoms with Gasteiger partial charge in [-0.2, -0.15) is 5.26 Å². The molecule has 0 saturated heterocycles. The third-order valence-electron chi connectivity index (χ3n) is 3.70. The fraction of sp³-hybridized carbons (Fsp3) is 0.929. The second kappa shape index (κ2) is 5.12. The summed E-state index contributed by atoms with van der Waals surface area (Å²) in [6, 6.07) is 2.55. The highest BCUT2D eigenvalue weighted by Crippen LogP contribution is 2.44. The maximum atomic E-state index is 9.69. The van der Waals surface area contributed by atoms with Crippen LogP contribution in [0.4, 0.5) is 0 Å². The number of nitrogens with zero attached hydrogens (tertiary/aromatic N) is 1. The summed E-state index contributed by atoms with van der Waals surface area (Å²) in [5.41, 5.74) is -0.518. The number of rotatable bonds is 3. The zero-order valence-corrected chi connectivity index (χ0v) is 13.2. The summed E-state index contributed by atoms with van der Waals surface area (Å²) < 4.78 is 6.34. The van der Waals surface area contributed by atoms with Crippen molar-refractivity contribution in [3.63, 3.8) is 0 Å². The van der Waals surface area contributed by atoms with Crippen LogP contribution in [-0.4, -0.2) is 13.9 Å². The van der Waals surface area contributed by atoms with Crippen LogP contribution in [0.15, 0.2) is 0 Å². The van der Waals surface area contributed by atoms with Crippen molar-refractivity contribution in [3.8, 4) is 6.07 Å². The molecule has 0 radical (unpaired) electrons. The largest absolute Gasteiger partial charge is 0.400 e. The van der Waals surface area contributed by atoms with Gasteiger partial charge in [0.15, 0.2) is 8.32 Å². The predicted molar refractivity (Wildman–Crippen MR) is 74.1 cm³/mol. The van der Waals surface area contributed by atoms with Crippen LogP contribution < -0.4 is 0 Å². The van der Waals surface area contributed by atoms with Crippen molar-refractivity contribution in [2.45, 2.75) is 65.3 Å². The second-order valence-electron chi connectivity index (χ2n) is 6.95. The molecule has 0 aromatic rings. The van der Waals surface area contributed by atoms with Gasteiger partial charge in [-0.1, -0.05) is 27.2 Å². The molecule has 0 aromatic carbocycles. The van der Waals surface area contributed by atoms with Gasteiger partial charge in [0.05, 0.1) is 6.07 Å². The lowest BCUT2D eigenvalue weighted by molar-refractivity contribution is -0.0193. The van der Waals surface area contributed by atoms with E-state index in [1.807, 2.05) is 0 Å². The van der Waals surface area contributed by atoms with E-state index in [1.54, 1.807) is 0 Å². The van der Waals surface area contributed by atoms with Gasteiger partial charge in [0.25, 0.3) is 0 Å². The monoisotopic (exact) mass is 253 g/mol. The van der Waals surface area contributed by atoms with Gasteiger partial charge < -0.3 is 4.43 Å². The molecule has 1 fully saturated rings. The molecule has 3 unspecified atom stereocenters. The van der Waals surface area contributed by atoms with Crippen LogP contribution in [0.2, 0.25) is 19.6 Å². The first-order valence-electron chi connectivity index (χ1n) is 6.81. The Morgan fingerprint density at radius 1 is 1.29 bits per heavy atom. The van der Waals surface area contributed by atoms with Crippen molar-refractivity contribution in [1.82, 2.24) is 0 Å². The van der Waals surface area contributed by atoms with Gasteiger partial charge in [0, 0.05) is 5.92 Å². The molecule has 0 spiro atoms. The van der Waals surface area contributed by atoms with E-state index in [-0.39, 0.29) is 0 Å². The molecule has 1 rings (SSSR count). The number of hydrogen-bond acceptors (Lipinski definition) is 2. The van der Waals surface area contributed by atoms with Crippen molar-refractivity contribution < 1.29 is 4.43 Å². The Morgan fingerprint density at radius 3 is 2.29 bits per heavy atom. The van der Waals surface area contributed by atoms with Crippen LogP contribution in [0, 0.1) is 29.1 Å². The molecule has 1 saturated carbocycles. The third kappa shape index (κ3) is 3.56. The maximum absolute atomic E-state index is 9.69.